The summed E-state index contributed by atoms with van der Waals surface area (Å²) in [7, 11) is 0. The summed E-state index contributed by atoms with van der Waals surface area (Å²) in [6.07, 6.45) is 0. The van der Waals surface area contributed by atoms with Gasteiger partial charge in [0.2, 0.25) is 0 Å². The van der Waals surface area contributed by atoms with Gasteiger partial charge in [-0.3, -0.25) is 0 Å². The first kappa shape index (κ1) is 15.3. The van der Waals surface area contributed by atoms with E-state index in [1.165, 1.54) is 6.92 Å². The van der Waals surface area contributed by atoms with E-state index in [9.17, 15) is 9.59 Å². The Labute approximate surface area is 124 Å². The van der Waals surface area contributed by atoms with Gasteiger partial charge in [0, 0.05) is 25.1 Å². The molecule has 4 heteroatoms. The molecular formula is C15H12O3Zn. The van der Waals surface area contributed by atoms with Crippen molar-refractivity contribution in [3.63, 3.8) is 0 Å². The van der Waals surface area contributed by atoms with Crippen LogP contribution in [0.15, 0.2) is 54.6 Å². The molecule has 0 aliphatic rings. The van der Waals surface area contributed by atoms with Crippen LogP contribution in [0.1, 0.15) is 17.3 Å². The van der Waals surface area contributed by atoms with Crippen LogP contribution in [0.4, 0.5) is 0 Å². The van der Waals surface area contributed by atoms with Gasteiger partial charge in [0.05, 0.1) is 5.56 Å². The molecule has 2 aromatic rings. The van der Waals surface area contributed by atoms with E-state index in [1.54, 1.807) is 12.1 Å². The number of hydrogen-bond acceptors (Lipinski definition) is 3. The third kappa shape index (κ3) is 3.58. The molecular weight excluding hydrogens is 294 g/mol. The molecule has 0 spiro atoms. The maximum absolute atomic E-state index is 11.7. The zero-order chi connectivity index (χ0) is 13.1. The van der Waals surface area contributed by atoms with E-state index in [4.69, 9.17) is 0 Å². The Morgan fingerprint density at radius 2 is 1.68 bits per heavy atom. The van der Waals surface area contributed by atoms with Crippen LogP contribution >= 0.6 is 0 Å². The van der Waals surface area contributed by atoms with Crippen LogP contribution in [0.5, 0.6) is 0 Å². The van der Waals surface area contributed by atoms with E-state index >= 15 is 0 Å². The van der Waals surface area contributed by atoms with Crippen molar-refractivity contribution in [2.75, 3.05) is 0 Å². The fraction of sp³-hybridized carbons (Fsp3) is 0.0667. The van der Waals surface area contributed by atoms with Gasteiger partial charge in [0.1, 0.15) is 0 Å². The molecule has 0 atom stereocenters. The van der Waals surface area contributed by atoms with E-state index in [1.807, 2.05) is 30.3 Å². The zero-order valence-electron chi connectivity index (χ0n) is 10.7. The van der Waals surface area contributed by atoms with Crippen LogP contribution in [-0.4, -0.2) is 11.9 Å². The number of carbonyl (C=O) groups excluding carboxylic acids is 2. The molecule has 0 aromatic heterocycles. The number of fused-ring (bicyclic) bond motifs is 1. The summed E-state index contributed by atoms with van der Waals surface area (Å²) in [6.45, 7) is 4.92. The minimum absolute atomic E-state index is 0. The second kappa shape index (κ2) is 6.39. The average Bonchev–Trinajstić information content (AvgIpc) is 2.37. The molecule has 0 heterocycles. The fourth-order valence-electron chi connectivity index (χ4n) is 1.55. The number of esters is 2. The third-order valence-corrected chi connectivity index (χ3v) is 2.52. The summed E-state index contributed by atoms with van der Waals surface area (Å²) in [5, 5.41) is 1.95. The van der Waals surface area contributed by atoms with Gasteiger partial charge in [-0.1, -0.05) is 36.9 Å². The minimum Gasteiger partial charge on any atom is -0.386 e. The van der Waals surface area contributed by atoms with Crippen LogP contribution in [0.3, 0.4) is 0 Å². The summed E-state index contributed by atoms with van der Waals surface area (Å²) in [6, 6.07) is 12.8. The Bertz CT molecular complexity index is 647. The number of ether oxygens (including phenoxy) is 1. The van der Waals surface area contributed by atoms with Crippen molar-refractivity contribution in [1.29, 1.82) is 0 Å². The topological polar surface area (TPSA) is 43.4 Å². The monoisotopic (exact) mass is 304 g/mol. The molecule has 0 amide bonds. The van der Waals surface area contributed by atoms with Crippen molar-refractivity contribution >= 4 is 22.7 Å². The molecule has 0 bridgehead atoms. The molecule has 0 unspecified atom stereocenters. The quantitative estimate of drug-likeness (QED) is 0.371. The van der Waals surface area contributed by atoms with E-state index in [0.29, 0.717) is 5.56 Å². The second-order valence-corrected chi connectivity index (χ2v) is 4.02. The van der Waals surface area contributed by atoms with Crippen molar-refractivity contribution in [2.24, 2.45) is 0 Å². The van der Waals surface area contributed by atoms with Gasteiger partial charge in [0.25, 0.3) is 0 Å². The first-order chi connectivity index (χ1) is 8.58. The molecule has 0 radical (unpaired) electrons. The van der Waals surface area contributed by atoms with E-state index in [-0.39, 0.29) is 25.1 Å². The first-order valence-electron chi connectivity index (χ1n) is 5.49. The van der Waals surface area contributed by atoms with Crippen LogP contribution in [0.25, 0.3) is 10.8 Å². The summed E-state index contributed by atoms with van der Waals surface area (Å²) in [4.78, 5) is 23.0. The van der Waals surface area contributed by atoms with Gasteiger partial charge >= 0.3 is 11.9 Å². The predicted molar refractivity (Wildman–Crippen MR) is 69.2 cm³/mol. The standard InChI is InChI=1S/C15H12O3.Zn/c1-10(2)14(16)18-15(17)13-8-7-11-5-3-4-6-12(11)9-13;/h3-9H,1H2,2H3;. The number of benzene rings is 2. The molecule has 0 saturated heterocycles. The molecule has 0 aliphatic carbocycles. The Hall–Kier alpha value is -1.80. The van der Waals surface area contributed by atoms with Crippen molar-refractivity contribution in [2.45, 2.75) is 6.92 Å². The molecule has 0 aliphatic heterocycles. The van der Waals surface area contributed by atoms with Crippen molar-refractivity contribution in [1.82, 2.24) is 0 Å². The largest absolute Gasteiger partial charge is 0.386 e. The first-order valence-corrected chi connectivity index (χ1v) is 5.49. The number of rotatable bonds is 2. The van der Waals surface area contributed by atoms with Crippen molar-refractivity contribution < 1.29 is 33.8 Å². The predicted octanol–water partition coefficient (Wildman–Crippen LogP) is 3.10. The SMILES string of the molecule is C=C(C)C(=O)OC(=O)c1ccc2ccccc2c1.[Zn]. The van der Waals surface area contributed by atoms with E-state index in [2.05, 4.69) is 11.3 Å². The maximum atomic E-state index is 11.7. The van der Waals surface area contributed by atoms with Gasteiger partial charge in [0.15, 0.2) is 0 Å². The Kier molecular flexibility index (Phi) is 5.14. The van der Waals surface area contributed by atoms with Gasteiger partial charge in [-0.05, 0) is 29.8 Å². The van der Waals surface area contributed by atoms with Crippen molar-refractivity contribution in [3.8, 4) is 0 Å². The van der Waals surface area contributed by atoms with Gasteiger partial charge < -0.3 is 4.74 Å². The molecule has 2 rings (SSSR count). The summed E-state index contributed by atoms with van der Waals surface area (Å²) in [5.41, 5.74) is 0.549. The minimum atomic E-state index is -0.701. The summed E-state index contributed by atoms with van der Waals surface area (Å²) >= 11 is 0. The van der Waals surface area contributed by atoms with Crippen LogP contribution in [0, 0.1) is 0 Å². The smallest absolute Gasteiger partial charge is 0.346 e. The average molecular weight is 306 g/mol. The maximum Gasteiger partial charge on any atom is 0.346 e. The third-order valence-electron chi connectivity index (χ3n) is 2.52. The molecule has 0 saturated carbocycles. The normalized spacial score (nSPS) is 9.53. The Morgan fingerprint density at radius 3 is 2.32 bits per heavy atom. The molecule has 19 heavy (non-hydrogen) atoms. The molecule has 0 N–H and O–H groups in total. The van der Waals surface area contributed by atoms with Crippen LogP contribution in [0.2, 0.25) is 0 Å². The van der Waals surface area contributed by atoms with Gasteiger partial charge in [-0.2, -0.15) is 0 Å². The van der Waals surface area contributed by atoms with E-state index in [0.717, 1.165) is 10.8 Å². The molecule has 92 valence electrons. The second-order valence-electron chi connectivity index (χ2n) is 4.02. The summed E-state index contributed by atoms with van der Waals surface area (Å²) in [5.74, 6) is -1.36. The number of carbonyl (C=O) groups is 2. The van der Waals surface area contributed by atoms with Gasteiger partial charge in [-0.25, -0.2) is 9.59 Å². The molecule has 2 aromatic carbocycles. The van der Waals surface area contributed by atoms with Crippen LogP contribution < -0.4 is 0 Å². The Balaban J connectivity index is 0.00000180. The summed E-state index contributed by atoms with van der Waals surface area (Å²) < 4.78 is 4.67. The molecule has 3 nitrogen and oxygen atoms in total. The Morgan fingerprint density at radius 1 is 1.05 bits per heavy atom. The van der Waals surface area contributed by atoms with Gasteiger partial charge in [-0.15, -0.1) is 0 Å². The number of hydrogen-bond donors (Lipinski definition) is 0. The van der Waals surface area contributed by atoms with Crippen LogP contribution in [-0.2, 0) is 29.0 Å². The molecule has 0 fully saturated rings. The van der Waals surface area contributed by atoms with Crippen molar-refractivity contribution in [3.05, 3.63) is 60.2 Å². The fourth-order valence-corrected chi connectivity index (χ4v) is 1.55. The zero-order valence-corrected chi connectivity index (χ0v) is 13.6. The van der Waals surface area contributed by atoms with E-state index < -0.39 is 11.9 Å².